The van der Waals surface area contributed by atoms with Crippen molar-refractivity contribution < 1.29 is 33.6 Å². The van der Waals surface area contributed by atoms with Gasteiger partial charge in [-0.15, -0.1) is 0 Å². The third kappa shape index (κ3) is 2.57. The first kappa shape index (κ1) is 18.1. The van der Waals surface area contributed by atoms with Gasteiger partial charge in [0.05, 0.1) is 32.8 Å². The van der Waals surface area contributed by atoms with E-state index in [9.17, 15) is 9.90 Å². The van der Waals surface area contributed by atoms with Gasteiger partial charge in [-0.3, -0.25) is 4.79 Å². The lowest BCUT2D eigenvalue weighted by Crippen LogP contribution is -2.30. The van der Waals surface area contributed by atoms with Crippen LogP contribution in [0.2, 0.25) is 0 Å². The van der Waals surface area contributed by atoms with Crippen LogP contribution in [0.25, 0.3) is 11.1 Å². The maximum absolute atomic E-state index is 12.3. The number of hydrogen-bond acceptors (Lipinski definition) is 7. The zero-order valence-electron chi connectivity index (χ0n) is 16.5. The van der Waals surface area contributed by atoms with Crippen LogP contribution in [-0.2, 0) is 16.0 Å². The summed E-state index contributed by atoms with van der Waals surface area (Å²) in [4.78, 5) is 12.3. The van der Waals surface area contributed by atoms with Crippen LogP contribution in [0.5, 0.6) is 23.0 Å². The van der Waals surface area contributed by atoms with E-state index in [0.717, 1.165) is 27.8 Å². The molecule has 2 aromatic carbocycles. The van der Waals surface area contributed by atoms with Crippen LogP contribution in [0.15, 0.2) is 18.2 Å². The Kier molecular flexibility index (Phi) is 4.10. The summed E-state index contributed by atoms with van der Waals surface area (Å²) in [6.45, 7) is 2.27. The third-order valence-electron chi connectivity index (χ3n) is 6.23. The predicted octanol–water partition coefficient (Wildman–Crippen LogP) is 2.79. The third-order valence-corrected chi connectivity index (χ3v) is 6.23. The number of esters is 1. The molecule has 2 aromatic rings. The van der Waals surface area contributed by atoms with Crippen LogP contribution in [0.1, 0.15) is 22.8 Å². The van der Waals surface area contributed by atoms with Crippen molar-refractivity contribution in [1.82, 2.24) is 0 Å². The number of benzene rings is 2. The number of cyclic esters (lactones) is 1. The number of carbonyl (C=O) groups excluding carboxylic acids is 1. The molecule has 0 bridgehead atoms. The normalized spacial score (nSPS) is 24.0. The van der Waals surface area contributed by atoms with E-state index < -0.39 is 6.10 Å². The van der Waals surface area contributed by atoms with Gasteiger partial charge in [0.15, 0.2) is 11.5 Å². The second-order valence-corrected chi connectivity index (χ2v) is 7.61. The summed E-state index contributed by atoms with van der Waals surface area (Å²) in [6, 6.07) is 5.66. The number of rotatable bonds is 3. The molecular weight excluding hydrogens is 376 g/mol. The van der Waals surface area contributed by atoms with Crippen LogP contribution in [0.3, 0.4) is 0 Å². The molecule has 0 saturated carbocycles. The van der Waals surface area contributed by atoms with Gasteiger partial charge in [0.2, 0.25) is 6.79 Å². The molecule has 0 radical (unpaired) electrons. The summed E-state index contributed by atoms with van der Waals surface area (Å²) in [5, 5.41) is 11.0. The molecule has 3 atom stereocenters. The molecule has 1 N–H and O–H groups in total. The number of fused-ring (bicyclic) bond motifs is 3. The fourth-order valence-electron chi connectivity index (χ4n) is 4.69. The van der Waals surface area contributed by atoms with Crippen molar-refractivity contribution in [3.8, 4) is 34.1 Å². The van der Waals surface area contributed by atoms with E-state index in [0.29, 0.717) is 29.4 Å². The SMILES string of the molecule is COc1cc(-c2c3c(cc4c2OCO4)C(O)C2COC(=O)C2C3)cc(OC)c1C. The molecule has 29 heavy (non-hydrogen) atoms. The van der Waals surface area contributed by atoms with E-state index in [2.05, 4.69) is 0 Å². The van der Waals surface area contributed by atoms with Gasteiger partial charge in [-0.2, -0.15) is 0 Å². The van der Waals surface area contributed by atoms with Gasteiger partial charge in [-0.25, -0.2) is 0 Å². The van der Waals surface area contributed by atoms with Crippen LogP contribution < -0.4 is 18.9 Å². The highest BCUT2D eigenvalue weighted by Crippen LogP contribution is 2.53. The first-order valence-electron chi connectivity index (χ1n) is 9.56. The molecule has 1 fully saturated rings. The first-order chi connectivity index (χ1) is 14.0. The molecule has 3 aliphatic rings. The Morgan fingerprint density at radius 3 is 2.48 bits per heavy atom. The molecule has 2 heterocycles. The number of methoxy groups -OCH3 is 2. The van der Waals surface area contributed by atoms with E-state index in [1.54, 1.807) is 14.2 Å². The molecular formula is C22H22O7. The van der Waals surface area contributed by atoms with Crippen molar-refractivity contribution in [2.75, 3.05) is 27.6 Å². The average molecular weight is 398 g/mol. The van der Waals surface area contributed by atoms with Crippen molar-refractivity contribution in [3.63, 3.8) is 0 Å². The fraction of sp³-hybridized carbons (Fsp3) is 0.409. The lowest BCUT2D eigenvalue weighted by Gasteiger charge is -2.31. The quantitative estimate of drug-likeness (QED) is 0.796. The van der Waals surface area contributed by atoms with Crippen molar-refractivity contribution in [2.24, 2.45) is 11.8 Å². The highest BCUT2D eigenvalue weighted by molar-refractivity contribution is 5.84. The Bertz CT molecular complexity index is 988. The smallest absolute Gasteiger partial charge is 0.309 e. The van der Waals surface area contributed by atoms with Crippen molar-refractivity contribution in [1.29, 1.82) is 0 Å². The number of carbonyl (C=O) groups is 1. The fourth-order valence-corrected chi connectivity index (χ4v) is 4.69. The monoisotopic (exact) mass is 398 g/mol. The van der Waals surface area contributed by atoms with Gasteiger partial charge in [0.25, 0.3) is 0 Å². The molecule has 0 spiro atoms. The minimum absolute atomic E-state index is 0.107. The number of ether oxygens (including phenoxy) is 5. The Balaban J connectivity index is 1.77. The summed E-state index contributed by atoms with van der Waals surface area (Å²) in [6.07, 6.45) is -0.335. The summed E-state index contributed by atoms with van der Waals surface area (Å²) >= 11 is 0. The van der Waals surface area contributed by atoms with Crippen LogP contribution >= 0.6 is 0 Å². The zero-order chi connectivity index (χ0) is 20.3. The topological polar surface area (TPSA) is 83.5 Å². The minimum atomic E-state index is -0.808. The summed E-state index contributed by atoms with van der Waals surface area (Å²) in [5.41, 5.74) is 4.12. The van der Waals surface area contributed by atoms with E-state index in [1.807, 2.05) is 25.1 Å². The zero-order valence-corrected chi connectivity index (χ0v) is 16.5. The summed E-state index contributed by atoms with van der Waals surface area (Å²) in [7, 11) is 3.22. The van der Waals surface area contributed by atoms with Crippen LogP contribution in [0, 0.1) is 18.8 Å². The van der Waals surface area contributed by atoms with Crippen molar-refractivity contribution in [2.45, 2.75) is 19.4 Å². The minimum Gasteiger partial charge on any atom is -0.496 e. The standard InChI is InChI=1S/C22H22O7/c1-10-16(25-2)4-11(5-17(10)26-3)19-12-6-14-15(8-27-22(14)24)20(23)13(12)7-18-21(19)29-9-28-18/h4-5,7,14-15,20,23H,6,8-9H2,1-3H3. The molecule has 152 valence electrons. The Morgan fingerprint density at radius 1 is 1.07 bits per heavy atom. The van der Waals surface area contributed by atoms with E-state index >= 15 is 0 Å². The molecule has 0 amide bonds. The molecule has 7 heteroatoms. The number of hydrogen-bond donors (Lipinski definition) is 1. The lowest BCUT2D eigenvalue weighted by molar-refractivity contribution is -0.141. The first-order valence-corrected chi connectivity index (χ1v) is 9.56. The van der Waals surface area contributed by atoms with Crippen LogP contribution in [-0.4, -0.2) is 38.7 Å². The summed E-state index contributed by atoms with van der Waals surface area (Å²) < 4.78 is 27.8. The van der Waals surface area contributed by atoms with Crippen molar-refractivity contribution in [3.05, 3.63) is 34.9 Å². The van der Waals surface area contributed by atoms with Gasteiger partial charge < -0.3 is 28.8 Å². The highest BCUT2D eigenvalue weighted by Gasteiger charge is 2.47. The maximum atomic E-state index is 12.3. The molecule has 7 nitrogen and oxygen atoms in total. The predicted molar refractivity (Wildman–Crippen MR) is 102 cm³/mol. The highest BCUT2D eigenvalue weighted by atomic mass is 16.7. The molecule has 2 aliphatic heterocycles. The number of aliphatic hydroxyl groups is 1. The largest absolute Gasteiger partial charge is 0.496 e. The van der Waals surface area contributed by atoms with Gasteiger partial charge in [-0.05, 0) is 48.2 Å². The van der Waals surface area contributed by atoms with Gasteiger partial charge in [0, 0.05) is 17.0 Å². The Morgan fingerprint density at radius 2 is 1.79 bits per heavy atom. The van der Waals surface area contributed by atoms with Gasteiger partial charge in [-0.1, -0.05) is 0 Å². The molecule has 1 aliphatic carbocycles. The van der Waals surface area contributed by atoms with E-state index in [1.165, 1.54) is 0 Å². The maximum Gasteiger partial charge on any atom is 0.309 e. The van der Waals surface area contributed by atoms with Gasteiger partial charge >= 0.3 is 5.97 Å². The van der Waals surface area contributed by atoms with E-state index in [4.69, 9.17) is 23.7 Å². The second-order valence-electron chi connectivity index (χ2n) is 7.61. The lowest BCUT2D eigenvalue weighted by atomic mass is 9.73. The Labute approximate surface area is 168 Å². The molecule has 5 rings (SSSR count). The second kappa shape index (κ2) is 6.56. The van der Waals surface area contributed by atoms with E-state index in [-0.39, 0.29) is 31.2 Å². The molecule has 1 saturated heterocycles. The Hall–Kier alpha value is -2.93. The molecule has 0 aromatic heterocycles. The van der Waals surface area contributed by atoms with Crippen molar-refractivity contribution >= 4 is 5.97 Å². The average Bonchev–Trinajstić information content (AvgIpc) is 3.34. The number of aliphatic hydroxyl groups excluding tert-OH is 1. The van der Waals surface area contributed by atoms with Gasteiger partial charge in [0.1, 0.15) is 11.5 Å². The van der Waals surface area contributed by atoms with Crippen LogP contribution in [0.4, 0.5) is 0 Å². The molecule has 3 unspecified atom stereocenters. The summed E-state index contributed by atoms with van der Waals surface area (Å²) in [5.74, 6) is 1.67.